The summed E-state index contributed by atoms with van der Waals surface area (Å²) >= 11 is 0. The molecule has 0 atom stereocenters. The van der Waals surface area contributed by atoms with Crippen LogP contribution >= 0.6 is 0 Å². The summed E-state index contributed by atoms with van der Waals surface area (Å²) in [5, 5.41) is 3.11. The van der Waals surface area contributed by atoms with Crippen molar-refractivity contribution in [2.75, 3.05) is 45.0 Å². The third kappa shape index (κ3) is 4.22. The third-order valence-electron chi connectivity index (χ3n) is 3.16. The van der Waals surface area contributed by atoms with Crippen LogP contribution in [0.15, 0.2) is 0 Å². The van der Waals surface area contributed by atoms with Gasteiger partial charge in [-0.3, -0.25) is 4.79 Å². The summed E-state index contributed by atoms with van der Waals surface area (Å²) in [6.45, 7) is 7.42. The van der Waals surface area contributed by atoms with Crippen molar-refractivity contribution >= 4 is 15.9 Å². The first-order valence-electron chi connectivity index (χ1n) is 6.47. The quantitative estimate of drug-likeness (QED) is 0.709. The summed E-state index contributed by atoms with van der Waals surface area (Å²) in [5.41, 5.74) is 0. The lowest BCUT2D eigenvalue weighted by Crippen LogP contribution is -2.47. The van der Waals surface area contributed by atoms with Crippen molar-refractivity contribution in [1.82, 2.24) is 14.5 Å². The molecule has 1 N–H and O–H groups in total. The summed E-state index contributed by atoms with van der Waals surface area (Å²) < 4.78 is 25.5. The highest BCUT2D eigenvalue weighted by atomic mass is 32.2. The third-order valence-corrected chi connectivity index (χ3v) is 5.03. The van der Waals surface area contributed by atoms with Crippen molar-refractivity contribution in [3.05, 3.63) is 0 Å². The smallest absolute Gasteiger partial charge is 0.223 e. The molecule has 6 nitrogen and oxygen atoms in total. The SMILES string of the molecule is CCN(CC)C(=O)CCS(=O)(=O)N1CCNCC1. The molecule has 0 bridgehead atoms. The Morgan fingerprint density at radius 3 is 2.28 bits per heavy atom. The van der Waals surface area contributed by atoms with Gasteiger partial charge < -0.3 is 10.2 Å². The molecule has 0 aliphatic carbocycles. The number of hydrogen-bond donors (Lipinski definition) is 1. The monoisotopic (exact) mass is 277 g/mol. The normalized spacial score (nSPS) is 17.7. The Kier molecular flexibility index (Phi) is 6.04. The first-order valence-corrected chi connectivity index (χ1v) is 8.08. The van der Waals surface area contributed by atoms with Gasteiger partial charge in [0.1, 0.15) is 0 Å². The zero-order valence-electron chi connectivity index (χ0n) is 11.2. The van der Waals surface area contributed by atoms with Crippen molar-refractivity contribution in [3.63, 3.8) is 0 Å². The minimum absolute atomic E-state index is 0.0773. The first-order chi connectivity index (χ1) is 8.51. The fraction of sp³-hybridized carbons (Fsp3) is 0.909. The number of hydrogen-bond acceptors (Lipinski definition) is 4. The molecule has 7 heteroatoms. The molecule has 0 unspecified atom stereocenters. The lowest BCUT2D eigenvalue weighted by atomic mass is 10.4. The summed E-state index contributed by atoms with van der Waals surface area (Å²) in [5.74, 6) is -0.166. The molecule has 18 heavy (non-hydrogen) atoms. The maximum atomic E-state index is 12.0. The van der Waals surface area contributed by atoms with E-state index < -0.39 is 10.0 Å². The van der Waals surface area contributed by atoms with Crippen LogP contribution in [0.5, 0.6) is 0 Å². The van der Waals surface area contributed by atoms with E-state index in [2.05, 4.69) is 5.32 Å². The molecular formula is C11H23N3O3S. The van der Waals surface area contributed by atoms with E-state index in [-0.39, 0.29) is 18.1 Å². The molecular weight excluding hydrogens is 254 g/mol. The zero-order valence-corrected chi connectivity index (χ0v) is 12.0. The summed E-state index contributed by atoms with van der Waals surface area (Å²) in [6.07, 6.45) is 0.0773. The highest BCUT2D eigenvalue weighted by Crippen LogP contribution is 2.06. The van der Waals surface area contributed by atoms with Gasteiger partial charge in [-0.1, -0.05) is 0 Å². The van der Waals surface area contributed by atoms with Crippen molar-refractivity contribution in [1.29, 1.82) is 0 Å². The van der Waals surface area contributed by atoms with Crippen molar-refractivity contribution in [2.45, 2.75) is 20.3 Å². The number of rotatable bonds is 6. The van der Waals surface area contributed by atoms with Crippen molar-refractivity contribution in [2.24, 2.45) is 0 Å². The number of nitrogens with one attached hydrogen (secondary N) is 1. The van der Waals surface area contributed by atoms with Gasteiger partial charge in [0.15, 0.2) is 0 Å². The van der Waals surface area contributed by atoms with Crippen molar-refractivity contribution in [3.8, 4) is 0 Å². The number of piperazine rings is 1. The van der Waals surface area contributed by atoms with E-state index in [0.717, 1.165) is 0 Å². The lowest BCUT2D eigenvalue weighted by molar-refractivity contribution is -0.130. The summed E-state index contributed by atoms with van der Waals surface area (Å²) in [6, 6.07) is 0. The standard InChI is InChI=1S/C11H23N3O3S/c1-3-13(4-2)11(15)5-10-18(16,17)14-8-6-12-7-9-14/h12H,3-10H2,1-2H3. The molecule has 0 aromatic rings. The van der Waals surface area contributed by atoms with Gasteiger partial charge in [-0.25, -0.2) is 8.42 Å². The Morgan fingerprint density at radius 2 is 1.78 bits per heavy atom. The topological polar surface area (TPSA) is 69.7 Å². The molecule has 0 radical (unpaired) electrons. The Balaban J connectivity index is 2.48. The molecule has 1 heterocycles. The maximum Gasteiger partial charge on any atom is 0.223 e. The van der Waals surface area contributed by atoms with E-state index in [4.69, 9.17) is 0 Å². The second-order valence-electron chi connectivity index (χ2n) is 4.28. The summed E-state index contributed by atoms with van der Waals surface area (Å²) in [4.78, 5) is 13.4. The van der Waals surface area contributed by atoms with Crippen LogP contribution in [0.4, 0.5) is 0 Å². The Morgan fingerprint density at radius 1 is 1.22 bits per heavy atom. The van der Waals surface area contributed by atoms with Crippen molar-refractivity contribution < 1.29 is 13.2 Å². The number of carbonyl (C=O) groups excluding carboxylic acids is 1. The Bertz CT molecular complexity index is 360. The second-order valence-corrected chi connectivity index (χ2v) is 6.37. The fourth-order valence-corrected chi connectivity index (χ4v) is 3.43. The fourth-order valence-electron chi connectivity index (χ4n) is 2.00. The zero-order chi connectivity index (χ0) is 13.6. The first kappa shape index (κ1) is 15.4. The molecule has 1 aliphatic heterocycles. The van der Waals surface area contributed by atoms with E-state index in [1.807, 2.05) is 13.8 Å². The lowest BCUT2D eigenvalue weighted by Gasteiger charge is -2.27. The van der Waals surface area contributed by atoms with E-state index >= 15 is 0 Å². The molecule has 1 rings (SSSR count). The van der Waals surface area contributed by atoms with Crippen LogP contribution in [0.1, 0.15) is 20.3 Å². The van der Waals surface area contributed by atoms with E-state index in [9.17, 15) is 13.2 Å². The van der Waals surface area contributed by atoms with Crippen LogP contribution in [0, 0.1) is 0 Å². The van der Waals surface area contributed by atoms with Crippen LogP contribution in [0.2, 0.25) is 0 Å². The molecule has 0 spiro atoms. The van der Waals surface area contributed by atoms with Crippen LogP contribution in [-0.2, 0) is 14.8 Å². The molecule has 1 aliphatic rings. The summed E-state index contributed by atoms with van der Waals surface area (Å²) in [7, 11) is -3.28. The molecule has 0 saturated carbocycles. The predicted octanol–water partition coefficient (Wildman–Crippen LogP) is -0.520. The average Bonchev–Trinajstić information content (AvgIpc) is 2.39. The van der Waals surface area contributed by atoms with Gasteiger partial charge in [0.25, 0.3) is 0 Å². The van der Waals surface area contributed by atoms with Crippen LogP contribution in [0.25, 0.3) is 0 Å². The van der Waals surface area contributed by atoms with Gasteiger partial charge in [-0.2, -0.15) is 4.31 Å². The van der Waals surface area contributed by atoms with Gasteiger partial charge >= 0.3 is 0 Å². The molecule has 0 aromatic carbocycles. The van der Waals surface area contributed by atoms with Gasteiger partial charge in [0.2, 0.25) is 15.9 Å². The largest absolute Gasteiger partial charge is 0.343 e. The highest BCUT2D eigenvalue weighted by molar-refractivity contribution is 7.89. The molecule has 0 aromatic heterocycles. The molecule has 1 saturated heterocycles. The number of nitrogens with zero attached hydrogens (tertiary/aromatic N) is 2. The Hall–Kier alpha value is -0.660. The van der Waals surface area contributed by atoms with Gasteiger partial charge in [-0.05, 0) is 13.8 Å². The highest BCUT2D eigenvalue weighted by Gasteiger charge is 2.25. The number of carbonyl (C=O) groups is 1. The molecule has 106 valence electrons. The van der Waals surface area contributed by atoms with Crippen LogP contribution in [0.3, 0.4) is 0 Å². The average molecular weight is 277 g/mol. The maximum absolute atomic E-state index is 12.0. The molecule has 1 amide bonds. The van der Waals surface area contributed by atoms with Gasteiger partial charge in [-0.15, -0.1) is 0 Å². The Labute approximate surface area is 109 Å². The number of amides is 1. The van der Waals surface area contributed by atoms with Crippen LogP contribution in [-0.4, -0.2) is 68.6 Å². The molecule has 1 fully saturated rings. The van der Waals surface area contributed by atoms with Crippen LogP contribution < -0.4 is 5.32 Å². The van der Waals surface area contributed by atoms with E-state index in [1.165, 1.54) is 4.31 Å². The van der Waals surface area contributed by atoms with E-state index in [1.54, 1.807) is 4.90 Å². The number of sulfonamides is 1. The predicted molar refractivity (Wildman–Crippen MR) is 70.8 cm³/mol. The minimum atomic E-state index is -3.28. The minimum Gasteiger partial charge on any atom is -0.343 e. The van der Waals surface area contributed by atoms with Gasteiger partial charge in [0.05, 0.1) is 5.75 Å². The second kappa shape index (κ2) is 7.06. The van der Waals surface area contributed by atoms with E-state index in [0.29, 0.717) is 39.3 Å². The van der Waals surface area contributed by atoms with Gasteiger partial charge in [0, 0.05) is 45.7 Å².